The lowest BCUT2D eigenvalue weighted by Gasteiger charge is -2.13. The van der Waals surface area contributed by atoms with Crippen molar-refractivity contribution in [2.45, 2.75) is 20.3 Å². The number of rotatable bonds is 5. The van der Waals surface area contributed by atoms with E-state index in [1.54, 1.807) is 13.0 Å². The average Bonchev–Trinajstić information content (AvgIpc) is 2.70. The van der Waals surface area contributed by atoms with Crippen molar-refractivity contribution in [1.29, 1.82) is 0 Å². The molecule has 2 aromatic rings. The van der Waals surface area contributed by atoms with E-state index in [1.807, 2.05) is 0 Å². The molecule has 0 spiro atoms. The number of carbonyl (C=O) groups is 2. The lowest BCUT2D eigenvalue weighted by molar-refractivity contribution is -0.124. The van der Waals surface area contributed by atoms with E-state index in [9.17, 15) is 14.8 Å². The molecule has 106 valence electrons. The van der Waals surface area contributed by atoms with Crippen molar-refractivity contribution >= 4 is 28.4 Å². The van der Waals surface area contributed by atoms with Gasteiger partial charge < -0.3 is 20.0 Å². The smallest absolute Gasteiger partial charge is 0.231 e. The third kappa shape index (κ3) is 2.87. The summed E-state index contributed by atoms with van der Waals surface area (Å²) in [5.41, 5.74) is 1.20. The van der Waals surface area contributed by atoms with Crippen molar-refractivity contribution in [2.24, 2.45) is 0 Å². The summed E-state index contributed by atoms with van der Waals surface area (Å²) in [6.07, 6.45) is 0.932. The number of ether oxygens (including phenoxy) is 1. The first-order valence-electron chi connectivity index (χ1n) is 6.12. The lowest BCUT2D eigenvalue weighted by atomic mass is 10.2. The van der Waals surface area contributed by atoms with Crippen LogP contribution in [-0.2, 0) is 9.59 Å². The zero-order chi connectivity index (χ0) is 14.7. The van der Waals surface area contributed by atoms with Crippen LogP contribution in [0.25, 0.3) is 11.0 Å². The number of amides is 1. The molecule has 0 aliphatic carbocycles. The Balaban J connectivity index is 2.36. The highest BCUT2D eigenvalue weighted by atomic mass is 16.5. The molecule has 1 aromatic carbocycles. The van der Waals surface area contributed by atoms with Gasteiger partial charge in [-0.2, -0.15) is 0 Å². The lowest BCUT2D eigenvalue weighted by Crippen LogP contribution is -2.15. The molecular formula is C13H14N3O4-. The summed E-state index contributed by atoms with van der Waals surface area (Å²) in [7, 11) is 0. The minimum Gasteiger partial charge on any atom is -0.805 e. The molecule has 7 heteroatoms. The van der Waals surface area contributed by atoms with E-state index in [0.717, 1.165) is 6.33 Å². The Bertz CT molecular complexity index is 663. The Kier molecular flexibility index (Phi) is 3.88. The molecular weight excluding hydrogens is 262 g/mol. The summed E-state index contributed by atoms with van der Waals surface area (Å²) in [5, 5.41) is 14.1. The van der Waals surface area contributed by atoms with E-state index in [4.69, 9.17) is 4.74 Å². The number of aromatic nitrogens is 2. The number of ketones is 1. The van der Waals surface area contributed by atoms with Crippen LogP contribution in [-0.4, -0.2) is 28.0 Å². The Labute approximate surface area is 115 Å². The normalized spacial score (nSPS) is 10.5. The second-order valence-electron chi connectivity index (χ2n) is 4.27. The molecule has 0 radical (unpaired) electrons. The molecule has 0 unspecified atom stereocenters. The molecule has 0 fully saturated rings. The van der Waals surface area contributed by atoms with E-state index < -0.39 is 5.91 Å². The van der Waals surface area contributed by atoms with Gasteiger partial charge in [0.2, 0.25) is 5.91 Å². The van der Waals surface area contributed by atoms with Crippen molar-refractivity contribution in [1.82, 2.24) is 9.71 Å². The molecule has 0 atom stereocenters. The summed E-state index contributed by atoms with van der Waals surface area (Å²) >= 11 is 0. The van der Waals surface area contributed by atoms with Gasteiger partial charge >= 0.3 is 0 Å². The quantitative estimate of drug-likeness (QED) is 0.838. The van der Waals surface area contributed by atoms with Crippen LogP contribution in [0.4, 0.5) is 5.69 Å². The molecule has 1 aromatic heterocycles. The van der Waals surface area contributed by atoms with Crippen LogP contribution in [0, 0.1) is 5.21 Å². The Morgan fingerprint density at radius 1 is 1.45 bits per heavy atom. The number of benzene rings is 1. The number of nitrogens with zero attached hydrogens (tertiary/aromatic N) is 2. The monoisotopic (exact) mass is 276 g/mol. The maximum atomic E-state index is 11.6. The van der Waals surface area contributed by atoms with E-state index in [2.05, 4.69) is 10.3 Å². The van der Waals surface area contributed by atoms with Crippen LogP contribution < -0.4 is 10.1 Å². The van der Waals surface area contributed by atoms with Crippen LogP contribution in [0.1, 0.15) is 20.3 Å². The Morgan fingerprint density at radius 2 is 2.20 bits per heavy atom. The number of nitrogens with one attached hydrogen (secondary N) is 1. The summed E-state index contributed by atoms with van der Waals surface area (Å²) in [6.45, 7) is 3.51. The highest BCUT2D eigenvalue weighted by Gasteiger charge is 2.12. The number of fused-ring (bicyclic) bond motifs is 1. The van der Waals surface area contributed by atoms with E-state index >= 15 is 0 Å². The zero-order valence-corrected chi connectivity index (χ0v) is 11.2. The number of anilines is 1. The van der Waals surface area contributed by atoms with Gasteiger partial charge in [0.25, 0.3) is 0 Å². The van der Waals surface area contributed by atoms with Gasteiger partial charge in [-0.1, -0.05) is 0 Å². The minimum absolute atomic E-state index is 0.209. The summed E-state index contributed by atoms with van der Waals surface area (Å²) < 4.78 is 6.02. The maximum Gasteiger partial charge on any atom is 0.231 e. The maximum absolute atomic E-state index is 11.6. The summed E-state index contributed by atoms with van der Waals surface area (Å²) in [6, 6.07) is 3.06. The SMILES string of the molecule is CCOc1cc2c(cc1NC(=O)CC(C)=O)ncn2[O-]. The first kappa shape index (κ1) is 13.9. The Morgan fingerprint density at radius 3 is 2.85 bits per heavy atom. The molecule has 0 saturated heterocycles. The highest BCUT2D eigenvalue weighted by Crippen LogP contribution is 2.30. The molecule has 0 aliphatic heterocycles. The molecule has 1 heterocycles. The fraction of sp³-hybridized carbons (Fsp3) is 0.308. The van der Waals surface area contributed by atoms with Crippen molar-refractivity contribution in [3.8, 4) is 5.75 Å². The van der Waals surface area contributed by atoms with Gasteiger partial charge in [-0.25, -0.2) is 4.98 Å². The summed E-state index contributed by atoms with van der Waals surface area (Å²) in [4.78, 5) is 26.5. The first-order chi connectivity index (χ1) is 9.51. The molecule has 2 rings (SSSR count). The predicted molar refractivity (Wildman–Crippen MR) is 73.6 cm³/mol. The van der Waals surface area contributed by atoms with Crippen LogP contribution in [0.15, 0.2) is 18.5 Å². The molecule has 1 N–H and O–H groups in total. The number of carbonyl (C=O) groups excluding carboxylic acids is 2. The van der Waals surface area contributed by atoms with Crippen LogP contribution in [0.2, 0.25) is 0 Å². The average molecular weight is 276 g/mol. The van der Waals surface area contributed by atoms with Crippen molar-refractivity contribution < 1.29 is 14.3 Å². The van der Waals surface area contributed by atoms with Crippen LogP contribution in [0.3, 0.4) is 0 Å². The fourth-order valence-electron chi connectivity index (χ4n) is 1.81. The van der Waals surface area contributed by atoms with Crippen molar-refractivity contribution in [3.63, 3.8) is 0 Å². The fourth-order valence-corrected chi connectivity index (χ4v) is 1.81. The van der Waals surface area contributed by atoms with E-state index in [0.29, 0.717) is 33.8 Å². The molecule has 0 bridgehead atoms. The second-order valence-corrected chi connectivity index (χ2v) is 4.27. The van der Waals surface area contributed by atoms with Crippen LogP contribution in [0.5, 0.6) is 5.75 Å². The standard InChI is InChI=1S/C13H14N3O4/c1-3-20-12-6-11-9(14-7-16(11)19)5-10(12)15-13(18)4-8(2)17/h5-7H,3-4H2,1-2H3,(H,15,18)/q-1. The van der Waals surface area contributed by atoms with Gasteiger partial charge in [0, 0.05) is 6.07 Å². The van der Waals surface area contributed by atoms with Gasteiger partial charge in [-0.15, -0.1) is 0 Å². The van der Waals surface area contributed by atoms with Gasteiger partial charge in [0.15, 0.2) is 0 Å². The van der Waals surface area contributed by atoms with Crippen molar-refractivity contribution in [3.05, 3.63) is 23.7 Å². The number of hydrogen-bond acceptors (Lipinski definition) is 5. The number of hydrogen-bond donors (Lipinski definition) is 1. The number of imidazole rings is 1. The largest absolute Gasteiger partial charge is 0.805 e. The predicted octanol–water partition coefficient (Wildman–Crippen LogP) is 1.70. The van der Waals surface area contributed by atoms with Gasteiger partial charge in [-0.3, -0.25) is 9.59 Å². The highest BCUT2D eigenvalue weighted by molar-refractivity contribution is 6.05. The number of Topliss-reactive ketones (excluding diaryl/α,β-unsaturated/α-hetero) is 1. The minimum atomic E-state index is -0.431. The molecule has 1 amide bonds. The van der Waals surface area contributed by atoms with Gasteiger partial charge in [0.1, 0.15) is 11.5 Å². The molecule has 0 aliphatic rings. The topological polar surface area (TPSA) is 96.3 Å². The third-order valence-corrected chi connectivity index (χ3v) is 2.60. The molecule has 7 nitrogen and oxygen atoms in total. The van der Waals surface area contributed by atoms with Crippen LogP contribution >= 0.6 is 0 Å². The van der Waals surface area contributed by atoms with E-state index in [-0.39, 0.29) is 12.2 Å². The first-order valence-corrected chi connectivity index (χ1v) is 6.12. The summed E-state index contributed by atoms with van der Waals surface area (Å²) in [5.74, 6) is -0.292. The van der Waals surface area contributed by atoms with Gasteiger partial charge in [-0.05, 0) is 19.9 Å². The second kappa shape index (κ2) is 5.60. The zero-order valence-electron chi connectivity index (χ0n) is 11.2. The molecule has 0 saturated carbocycles. The van der Waals surface area contributed by atoms with Crippen molar-refractivity contribution in [2.75, 3.05) is 11.9 Å². The van der Waals surface area contributed by atoms with Gasteiger partial charge in [0.05, 0.1) is 36.1 Å². The Hall–Kier alpha value is -2.57. The van der Waals surface area contributed by atoms with E-state index in [1.165, 1.54) is 13.0 Å². The molecule has 20 heavy (non-hydrogen) atoms. The third-order valence-electron chi connectivity index (χ3n) is 2.60.